The van der Waals surface area contributed by atoms with E-state index in [1.807, 2.05) is 26.8 Å². The number of likely N-dealkylation sites (N-methyl/N-ethyl adjacent to an activating group) is 1. The molecule has 0 saturated carbocycles. The van der Waals surface area contributed by atoms with Crippen molar-refractivity contribution in [2.75, 3.05) is 27.3 Å². The van der Waals surface area contributed by atoms with Gasteiger partial charge >= 0.3 is 6.09 Å². The van der Waals surface area contributed by atoms with Gasteiger partial charge in [0.15, 0.2) is 0 Å². The first-order valence-electron chi connectivity index (χ1n) is 9.29. The monoisotopic (exact) mass is 477 g/mol. The Kier molecular flexibility index (Phi) is 6.45. The third-order valence-corrected chi connectivity index (χ3v) is 4.72. The molecule has 3 aromatic rings. The number of hydrogen-bond donors (Lipinski definition) is 1. The highest BCUT2D eigenvalue weighted by Gasteiger charge is 2.20. The summed E-state index contributed by atoms with van der Waals surface area (Å²) in [5.74, 6) is 0.969. The van der Waals surface area contributed by atoms with Crippen LogP contribution in [0.5, 0.6) is 11.6 Å². The third kappa shape index (κ3) is 5.18. The number of methoxy groups -OCH3 is 1. The van der Waals surface area contributed by atoms with E-state index in [2.05, 4.69) is 36.1 Å². The Morgan fingerprint density at radius 2 is 2.00 bits per heavy atom. The molecule has 1 N–H and O–H groups in total. The summed E-state index contributed by atoms with van der Waals surface area (Å²) in [7, 11) is 3.21. The third-order valence-electron chi connectivity index (χ3n) is 4.11. The zero-order chi connectivity index (χ0) is 21.9. The molecule has 0 bridgehead atoms. The number of nitrogens with one attached hydrogen (secondary N) is 1. The van der Waals surface area contributed by atoms with Crippen molar-refractivity contribution < 1.29 is 19.0 Å². The maximum absolute atomic E-state index is 12.1. The summed E-state index contributed by atoms with van der Waals surface area (Å²) in [6.07, 6.45) is 2.85. The molecule has 3 aromatic heterocycles. The number of hydrogen-bond acceptors (Lipinski definition) is 7. The van der Waals surface area contributed by atoms with E-state index in [1.165, 1.54) is 4.90 Å². The summed E-state index contributed by atoms with van der Waals surface area (Å²) in [5, 5.41) is 7.94. The van der Waals surface area contributed by atoms with E-state index >= 15 is 0 Å². The van der Waals surface area contributed by atoms with Crippen LogP contribution in [0.4, 0.5) is 4.79 Å². The number of nitrogens with zero attached hydrogens (tertiary/aromatic N) is 4. The minimum Gasteiger partial charge on any atom is -0.489 e. The highest BCUT2D eigenvalue weighted by molar-refractivity contribution is 9.10. The molecule has 0 fully saturated rings. The SMILES string of the molecule is COc1cc(-c2cc3c(Br)[nH]nc3cn2)c(OCCN(C)C(=O)OC(C)(C)C)cn1. The number of ether oxygens (including phenoxy) is 3. The number of halogens is 1. The lowest BCUT2D eigenvalue weighted by molar-refractivity contribution is 0.0278. The Balaban J connectivity index is 1.78. The molecule has 9 nitrogen and oxygen atoms in total. The smallest absolute Gasteiger partial charge is 0.410 e. The number of aromatic nitrogens is 4. The molecule has 30 heavy (non-hydrogen) atoms. The van der Waals surface area contributed by atoms with Gasteiger partial charge in [-0.3, -0.25) is 10.1 Å². The van der Waals surface area contributed by atoms with Crippen molar-refractivity contribution in [3.63, 3.8) is 0 Å². The zero-order valence-electron chi connectivity index (χ0n) is 17.5. The Morgan fingerprint density at radius 3 is 2.70 bits per heavy atom. The number of carbonyl (C=O) groups is 1. The van der Waals surface area contributed by atoms with Crippen molar-refractivity contribution >= 4 is 32.9 Å². The van der Waals surface area contributed by atoms with Crippen molar-refractivity contribution in [2.24, 2.45) is 0 Å². The van der Waals surface area contributed by atoms with Crippen LogP contribution in [0.3, 0.4) is 0 Å². The van der Waals surface area contributed by atoms with Gasteiger partial charge in [0.05, 0.1) is 31.7 Å². The molecule has 0 atom stereocenters. The largest absolute Gasteiger partial charge is 0.489 e. The summed E-state index contributed by atoms with van der Waals surface area (Å²) >= 11 is 3.45. The minimum atomic E-state index is -0.551. The highest BCUT2D eigenvalue weighted by atomic mass is 79.9. The lowest BCUT2D eigenvalue weighted by atomic mass is 10.1. The molecule has 0 unspecified atom stereocenters. The first-order valence-corrected chi connectivity index (χ1v) is 10.1. The summed E-state index contributed by atoms with van der Waals surface area (Å²) in [4.78, 5) is 22.3. The number of pyridine rings is 2. The lowest BCUT2D eigenvalue weighted by Crippen LogP contribution is -2.36. The molecule has 3 rings (SSSR count). The Labute approximate surface area is 182 Å². The predicted octanol–water partition coefficient (Wildman–Crippen LogP) is 4.04. The molecule has 1 amide bonds. The summed E-state index contributed by atoms with van der Waals surface area (Å²) in [5.41, 5.74) is 1.59. The lowest BCUT2D eigenvalue weighted by Gasteiger charge is -2.24. The highest BCUT2D eigenvalue weighted by Crippen LogP contribution is 2.33. The van der Waals surface area contributed by atoms with Crippen molar-refractivity contribution in [3.8, 4) is 22.9 Å². The second kappa shape index (κ2) is 8.86. The van der Waals surface area contributed by atoms with Gasteiger partial charge in [0, 0.05) is 24.1 Å². The van der Waals surface area contributed by atoms with Crippen LogP contribution in [0.15, 0.2) is 29.1 Å². The number of aromatic amines is 1. The summed E-state index contributed by atoms with van der Waals surface area (Å²) < 4.78 is 17.3. The van der Waals surface area contributed by atoms with Gasteiger partial charge in [-0.2, -0.15) is 5.10 Å². The van der Waals surface area contributed by atoms with E-state index in [0.29, 0.717) is 23.9 Å². The van der Waals surface area contributed by atoms with E-state index in [0.717, 1.165) is 21.1 Å². The molecular formula is C20H24BrN5O4. The van der Waals surface area contributed by atoms with Gasteiger partial charge in [-0.15, -0.1) is 0 Å². The number of H-pyrrole nitrogens is 1. The quantitative estimate of drug-likeness (QED) is 0.571. The molecule has 3 heterocycles. The molecule has 0 aromatic carbocycles. The average molecular weight is 478 g/mol. The average Bonchev–Trinajstić information content (AvgIpc) is 3.07. The molecular weight excluding hydrogens is 454 g/mol. The van der Waals surface area contributed by atoms with Crippen molar-refractivity contribution in [3.05, 3.63) is 29.1 Å². The molecule has 0 saturated heterocycles. The van der Waals surface area contributed by atoms with Crippen LogP contribution in [0.1, 0.15) is 20.8 Å². The topological polar surface area (TPSA) is 102 Å². The second-order valence-electron chi connectivity index (χ2n) is 7.60. The maximum Gasteiger partial charge on any atom is 0.410 e. The van der Waals surface area contributed by atoms with Crippen LogP contribution < -0.4 is 9.47 Å². The zero-order valence-corrected chi connectivity index (χ0v) is 19.1. The van der Waals surface area contributed by atoms with Crippen LogP contribution in [-0.2, 0) is 4.74 Å². The fraction of sp³-hybridized carbons (Fsp3) is 0.400. The molecule has 0 aliphatic rings. The summed E-state index contributed by atoms with van der Waals surface area (Å²) in [6, 6.07) is 3.66. The van der Waals surface area contributed by atoms with Crippen molar-refractivity contribution in [1.82, 2.24) is 25.1 Å². The van der Waals surface area contributed by atoms with Gasteiger partial charge in [0.1, 0.15) is 28.1 Å². The van der Waals surface area contributed by atoms with Crippen LogP contribution in [0, 0.1) is 0 Å². The minimum absolute atomic E-state index is 0.258. The molecule has 0 spiro atoms. The van der Waals surface area contributed by atoms with Crippen LogP contribution in [0.25, 0.3) is 22.2 Å². The fourth-order valence-corrected chi connectivity index (χ4v) is 3.01. The molecule has 160 valence electrons. The number of amides is 1. The van der Waals surface area contributed by atoms with Crippen LogP contribution in [0.2, 0.25) is 0 Å². The van der Waals surface area contributed by atoms with E-state index < -0.39 is 11.7 Å². The summed E-state index contributed by atoms with van der Waals surface area (Å²) in [6.45, 7) is 6.08. The van der Waals surface area contributed by atoms with Crippen LogP contribution in [-0.4, -0.2) is 64.1 Å². The van der Waals surface area contributed by atoms with Crippen LogP contribution >= 0.6 is 15.9 Å². The van der Waals surface area contributed by atoms with Gasteiger partial charge in [-0.25, -0.2) is 9.78 Å². The van der Waals surface area contributed by atoms with Gasteiger partial charge in [-0.05, 0) is 42.8 Å². The van der Waals surface area contributed by atoms with Gasteiger partial charge in [-0.1, -0.05) is 0 Å². The maximum atomic E-state index is 12.1. The van der Waals surface area contributed by atoms with E-state index in [4.69, 9.17) is 14.2 Å². The van der Waals surface area contributed by atoms with Gasteiger partial charge < -0.3 is 19.1 Å². The molecule has 0 aliphatic heterocycles. The first kappa shape index (κ1) is 21.8. The van der Waals surface area contributed by atoms with E-state index in [1.54, 1.807) is 32.6 Å². The molecule has 0 radical (unpaired) electrons. The number of carbonyl (C=O) groups excluding carboxylic acids is 1. The number of rotatable bonds is 6. The van der Waals surface area contributed by atoms with E-state index in [9.17, 15) is 4.79 Å². The van der Waals surface area contributed by atoms with Crippen molar-refractivity contribution in [1.29, 1.82) is 0 Å². The first-order chi connectivity index (χ1) is 14.2. The normalized spacial score (nSPS) is 11.4. The van der Waals surface area contributed by atoms with E-state index in [-0.39, 0.29) is 6.61 Å². The predicted molar refractivity (Wildman–Crippen MR) is 116 cm³/mol. The number of fused-ring (bicyclic) bond motifs is 1. The Hall–Kier alpha value is -2.88. The van der Waals surface area contributed by atoms with Gasteiger partial charge in [0.2, 0.25) is 5.88 Å². The fourth-order valence-electron chi connectivity index (χ4n) is 2.60. The Morgan fingerprint density at radius 1 is 1.23 bits per heavy atom. The molecule has 10 heteroatoms. The Bertz CT molecular complexity index is 1050. The molecule has 0 aliphatic carbocycles. The second-order valence-corrected chi connectivity index (χ2v) is 8.39. The van der Waals surface area contributed by atoms with Gasteiger partial charge in [0.25, 0.3) is 0 Å². The standard InChI is InChI=1S/C20H24BrN5O4/c1-20(2,3)30-19(27)26(4)6-7-29-16-11-23-17(28-5)9-12(16)14-8-13-15(10-22-14)24-25-18(13)21/h8-11H,6-7H2,1-5H3,(H,24,25). The van der Waals surface area contributed by atoms with Crippen molar-refractivity contribution in [2.45, 2.75) is 26.4 Å².